The van der Waals surface area contributed by atoms with Gasteiger partial charge in [-0.15, -0.1) is 0 Å². The molecule has 4 rings (SSSR count). The Morgan fingerprint density at radius 2 is 1.90 bits per heavy atom. The van der Waals surface area contributed by atoms with E-state index in [4.69, 9.17) is 26.4 Å². The first-order chi connectivity index (χ1) is 20.1. The highest BCUT2D eigenvalue weighted by Gasteiger charge is 2.28. The average Bonchev–Trinajstić information content (AvgIpc) is 3.39. The van der Waals surface area contributed by atoms with Crippen LogP contribution in [0.15, 0.2) is 47.5 Å². The molecule has 0 spiro atoms. The summed E-state index contributed by atoms with van der Waals surface area (Å²) in [6.45, 7) is 1.68. The summed E-state index contributed by atoms with van der Waals surface area (Å²) in [7, 11) is 1.88. The van der Waals surface area contributed by atoms with Crippen LogP contribution in [0.2, 0.25) is 0 Å². The van der Waals surface area contributed by atoms with Gasteiger partial charge in [-0.25, -0.2) is 4.79 Å². The van der Waals surface area contributed by atoms with Gasteiger partial charge in [-0.1, -0.05) is 12.1 Å². The first-order valence-electron chi connectivity index (χ1n) is 13.1. The Labute approximate surface area is 240 Å². The number of nitrogens with one attached hydrogen (secondary N) is 2. The fraction of sp³-hybridized carbons (Fsp3) is 0.286. The van der Waals surface area contributed by atoms with Crippen molar-refractivity contribution in [1.29, 1.82) is 5.41 Å². The summed E-state index contributed by atoms with van der Waals surface area (Å²) >= 11 is 0. The molecule has 1 aromatic heterocycles. The van der Waals surface area contributed by atoms with E-state index < -0.39 is 46.8 Å². The van der Waals surface area contributed by atoms with Crippen LogP contribution in [0.25, 0.3) is 0 Å². The molecule has 12 nitrogen and oxygen atoms in total. The second kappa shape index (κ2) is 13.1. The smallest absolute Gasteiger partial charge is 0.326 e. The van der Waals surface area contributed by atoms with Crippen LogP contribution >= 0.6 is 0 Å². The van der Waals surface area contributed by atoms with E-state index in [1.54, 1.807) is 18.2 Å². The summed E-state index contributed by atoms with van der Waals surface area (Å²) < 4.78 is 42.7. The number of nitrogen functional groups attached to an aromatic ring is 1. The average molecular weight is 584 g/mol. The number of nitrogens with zero attached hydrogens (tertiary/aromatic N) is 3. The number of likely N-dealkylation sites (N-methyl/N-ethyl adjacent to an activating group) is 1. The molecule has 222 valence electrons. The first-order valence-corrected chi connectivity index (χ1v) is 13.1. The third-order valence-corrected chi connectivity index (χ3v) is 6.42. The molecule has 14 heteroatoms. The van der Waals surface area contributed by atoms with Crippen molar-refractivity contribution in [3.8, 4) is 29.0 Å². The lowest BCUT2D eigenvalue weighted by atomic mass is 10.1. The summed E-state index contributed by atoms with van der Waals surface area (Å²) in [5.41, 5.74) is 11.0. The topological polar surface area (TPSA) is 192 Å². The number of unbranched alkanes of at least 4 members (excludes halogenated alkanes) is 1. The number of anilines is 1. The molecule has 2 heterocycles. The molecule has 42 heavy (non-hydrogen) atoms. The van der Waals surface area contributed by atoms with E-state index in [9.17, 15) is 15.0 Å². The fourth-order valence-electron chi connectivity index (χ4n) is 4.21. The molecular weight excluding hydrogens is 552 g/mol. The summed E-state index contributed by atoms with van der Waals surface area (Å²) in [6, 6.07) is 8.92. The van der Waals surface area contributed by atoms with Crippen molar-refractivity contribution in [2.75, 3.05) is 32.0 Å². The summed E-state index contributed by atoms with van der Waals surface area (Å²) in [4.78, 5) is 22.2. The van der Waals surface area contributed by atoms with Crippen molar-refractivity contribution in [1.82, 2.24) is 9.88 Å². The highest BCUT2D eigenvalue weighted by atomic mass is 19.1. The number of phenolic OH excluding ortho intramolecular Hbond substituents is 1. The maximum Gasteiger partial charge on any atom is 0.326 e. The lowest BCUT2D eigenvalue weighted by Crippen LogP contribution is -2.30. The van der Waals surface area contributed by atoms with Gasteiger partial charge in [0.25, 0.3) is 11.8 Å². The number of aliphatic carboxylic acids is 1. The largest absolute Gasteiger partial charge is 0.504 e. The number of aliphatic imine (C=N–C) groups is 1. The number of aromatic nitrogens is 1. The molecule has 1 aliphatic rings. The van der Waals surface area contributed by atoms with Crippen LogP contribution in [0.4, 0.5) is 14.5 Å². The van der Waals surface area contributed by atoms with Gasteiger partial charge in [0.2, 0.25) is 11.6 Å². The minimum atomic E-state index is -1.38. The van der Waals surface area contributed by atoms with E-state index in [1.807, 2.05) is 11.9 Å². The zero-order valence-electron chi connectivity index (χ0n) is 22.7. The summed E-state index contributed by atoms with van der Waals surface area (Å²) in [6.07, 6.45) is 0.926. The quantitative estimate of drug-likeness (QED) is 0.0983. The molecule has 0 amide bonds. The molecular formula is C28H31F2N7O5. The third kappa shape index (κ3) is 6.83. The van der Waals surface area contributed by atoms with E-state index in [-0.39, 0.29) is 29.3 Å². The van der Waals surface area contributed by atoms with Gasteiger partial charge in [-0.3, -0.25) is 10.4 Å². The summed E-state index contributed by atoms with van der Waals surface area (Å²) in [5, 5.41) is 30.0. The van der Waals surface area contributed by atoms with Crippen LogP contribution in [0.1, 0.15) is 30.4 Å². The Kier molecular flexibility index (Phi) is 9.37. The van der Waals surface area contributed by atoms with Crippen LogP contribution < -0.4 is 26.3 Å². The number of hydrogen-bond donors (Lipinski definition) is 6. The van der Waals surface area contributed by atoms with Crippen molar-refractivity contribution >= 4 is 23.3 Å². The molecule has 0 saturated carbocycles. The van der Waals surface area contributed by atoms with Crippen molar-refractivity contribution in [3.63, 3.8) is 0 Å². The molecule has 8 N–H and O–H groups in total. The van der Waals surface area contributed by atoms with Gasteiger partial charge in [0.1, 0.15) is 29.1 Å². The van der Waals surface area contributed by atoms with Gasteiger partial charge in [0.05, 0.1) is 6.54 Å². The van der Waals surface area contributed by atoms with Crippen molar-refractivity contribution < 1.29 is 33.3 Å². The predicted octanol–water partition coefficient (Wildman–Crippen LogP) is 3.62. The van der Waals surface area contributed by atoms with Gasteiger partial charge in [0.15, 0.2) is 11.5 Å². The first kappa shape index (κ1) is 30.0. The number of carboxylic acids is 1. The van der Waals surface area contributed by atoms with Gasteiger partial charge in [0, 0.05) is 24.7 Å². The molecule has 2 aromatic carbocycles. The van der Waals surface area contributed by atoms with E-state index in [0.717, 1.165) is 6.54 Å². The van der Waals surface area contributed by atoms with Gasteiger partial charge >= 0.3 is 5.97 Å². The molecule has 0 saturated heterocycles. The second-order valence-corrected chi connectivity index (χ2v) is 9.50. The maximum absolute atomic E-state index is 15.8. The third-order valence-electron chi connectivity index (χ3n) is 6.42. The van der Waals surface area contributed by atoms with E-state index >= 15 is 8.78 Å². The Balaban J connectivity index is 1.76. The van der Waals surface area contributed by atoms with Gasteiger partial charge < -0.3 is 41.4 Å². The Morgan fingerprint density at radius 1 is 1.17 bits per heavy atom. The Hall–Kier alpha value is -4.98. The minimum Gasteiger partial charge on any atom is -0.504 e. The number of carbonyl (C=O) groups is 1. The van der Waals surface area contributed by atoms with Crippen molar-refractivity contribution in [2.24, 2.45) is 16.5 Å². The fourth-order valence-corrected chi connectivity index (χ4v) is 4.21. The van der Waals surface area contributed by atoms with Crippen molar-refractivity contribution in [3.05, 3.63) is 65.2 Å². The SMILES string of the molecule is CN1CCN=C1c1cccc(Oc2nc(Oc3cc(C(=N)N)ccc3O)c(F)c(NC(CCCCN)C(=O)O)c2F)c1. The van der Waals surface area contributed by atoms with Crippen LogP contribution in [0, 0.1) is 17.0 Å². The van der Waals surface area contributed by atoms with E-state index in [1.165, 1.54) is 24.3 Å². The van der Waals surface area contributed by atoms with E-state index in [2.05, 4.69) is 15.3 Å². The number of rotatable bonds is 13. The second-order valence-electron chi connectivity index (χ2n) is 9.50. The highest BCUT2D eigenvalue weighted by molar-refractivity contribution is 6.00. The molecule has 1 aliphatic heterocycles. The van der Waals surface area contributed by atoms with Crippen LogP contribution in [0.5, 0.6) is 29.0 Å². The highest BCUT2D eigenvalue weighted by Crippen LogP contribution is 2.39. The molecule has 1 unspecified atom stereocenters. The lowest BCUT2D eigenvalue weighted by Gasteiger charge is -2.19. The summed E-state index contributed by atoms with van der Waals surface area (Å²) in [5.74, 6) is -5.83. The monoisotopic (exact) mass is 583 g/mol. The number of ether oxygens (including phenoxy) is 2. The maximum atomic E-state index is 15.8. The van der Waals surface area contributed by atoms with Crippen LogP contribution in [0.3, 0.4) is 0 Å². The molecule has 0 fully saturated rings. The molecule has 0 radical (unpaired) electrons. The Bertz CT molecular complexity index is 1520. The van der Waals surface area contributed by atoms with Gasteiger partial charge in [-0.2, -0.15) is 13.8 Å². The number of halogens is 2. The van der Waals surface area contributed by atoms with Crippen molar-refractivity contribution in [2.45, 2.75) is 25.3 Å². The number of pyridine rings is 1. The predicted molar refractivity (Wildman–Crippen MR) is 152 cm³/mol. The number of carboxylic acid groups (broad SMARTS) is 1. The number of benzene rings is 2. The molecule has 0 aliphatic carbocycles. The number of phenols is 1. The number of nitrogens with two attached hydrogens (primary N) is 2. The zero-order chi connectivity index (χ0) is 30.4. The van der Waals surface area contributed by atoms with Gasteiger partial charge in [-0.05, 0) is 56.1 Å². The van der Waals surface area contributed by atoms with Crippen LogP contribution in [-0.4, -0.2) is 70.5 Å². The Morgan fingerprint density at radius 3 is 2.55 bits per heavy atom. The standard InChI is InChI=1S/C28H31F2N7O5/c1-37-12-11-34-25(37)16-5-4-6-17(13-16)41-26-21(29)23(35-18(28(39)40)7-2-3-10-31)22(30)27(36-26)42-20-14-15(24(32)33)8-9-19(20)38/h4-6,8-9,13-14,18,38H,2-3,7,10-12,31H2,1H3,(H3,32,33)(H,35,36)(H,39,40). The normalized spacial score (nSPS) is 13.4. The number of amidine groups is 2. The molecule has 0 bridgehead atoms. The number of hydrogen-bond acceptors (Lipinski definition) is 10. The number of aromatic hydroxyl groups is 1. The van der Waals surface area contributed by atoms with E-state index in [0.29, 0.717) is 37.3 Å². The minimum absolute atomic E-state index is 0.0270. The van der Waals surface area contributed by atoms with Crippen LogP contribution in [-0.2, 0) is 4.79 Å². The molecule has 1 atom stereocenters. The zero-order valence-corrected chi connectivity index (χ0v) is 22.7. The molecule has 3 aromatic rings. The lowest BCUT2D eigenvalue weighted by molar-refractivity contribution is -0.138.